The first kappa shape index (κ1) is 22.8. The predicted molar refractivity (Wildman–Crippen MR) is 110 cm³/mol. The maximum absolute atomic E-state index is 12.5. The lowest BCUT2D eigenvalue weighted by Crippen LogP contribution is -2.70. The maximum atomic E-state index is 12.5. The average molecular weight is 455 g/mol. The summed E-state index contributed by atoms with van der Waals surface area (Å²) in [6.45, 7) is 2.81. The van der Waals surface area contributed by atoms with Crippen molar-refractivity contribution in [3.63, 3.8) is 0 Å². The number of nitrogens with zero attached hydrogens (tertiary/aromatic N) is 2. The van der Waals surface area contributed by atoms with Crippen molar-refractivity contribution in [1.82, 2.24) is 25.8 Å². The Balaban J connectivity index is 1.32. The highest BCUT2D eigenvalue weighted by atomic mass is 19.4. The van der Waals surface area contributed by atoms with Crippen LogP contribution in [0.2, 0.25) is 0 Å². The van der Waals surface area contributed by atoms with E-state index < -0.39 is 31.1 Å². The summed E-state index contributed by atoms with van der Waals surface area (Å²) in [5, 5.41) is 8.73. The molecule has 4 rings (SSSR count). The number of nitrogens with one attached hydrogen (secondary N) is 3. The van der Waals surface area contributed by atoms with E-state index in [2.05, 4.69) is 16.0 Å². The van der Waals surface area contributed by atoms with Gasteiger partial charge in [-0.15, -0.1) is 0 Å². The molecular weight excluding hydrogens is 427 g/mol. The standard InChI is InChI=1S/C21H28F3N5O3/c1-13(14-3-2-4-15(9-14)16-10-28(11-16)12-21(22,23)24)25-18-26-19(30)29(20(31)27-18)17-5-7-32-8-6-17/h2-4,9,13,16-18,25H,5-8,10-12H2,1H3,(H,26,30)(H,27,31)/t13-/m0/s1. The topological polar surface area (TPSA) is 85.9 Å². The number of hydrogen-bond donors (Lipinski definition) is 3. The highest BCUT2D eigenvalue weighted by molar-refractivity contribution is 5.96. The summed E-state index contributed by atoms with van der Waals surface area (Å²) >= 11 is 0. The summed E-state index contributed by atoms with van der Waals surface area (Å²) < 4.78 is 42.8. The third kappa shape index (κ3) is 5.33. The number of halogens is 3. The van der Waals surface area contributed by atoms with Gasteiger partial charge in [0.25, 0.3) is 0 Å². The van der Waals surface area contributed by atoms with E-state index in [-0.39, 0.29) is 18.0 Å². The van der Waals surface area contributed by atoms with Crippen LogP contribution < -0.4 is 16.0 Å². The molecule has 3 N–H and O–H groups in total. The molecule has 8 nitrogen and oxygen atoms in total. The molecule has 0 bridgehead atoms. The van der Waals surface area contributed by atoms with E-state index in [0.29, 0.717) is 39.1 Å². The smallest absolute Gasteiger partial charge is 0.381 e. The summed E-state index contributed by atoms with van der Waals surface area (Å²) in [5.41, 5.74) is 1.91. The lowest BCUT2D eigenvalue weighted by Gasteiger charge is -2.40. The number of imide groups is 1. The number of ether oxygens (including phenoxy) is 1. The summed E-state index contributed by atoms with van der Waals surface area (Å²) in [5.74, 6) is 0.0617. The lowest BCUT2D eigenvalue weighted by molar-refractivity contribution is -0.154. The van der Waals surface area contributed by atoms with Gasteiger partial charge < -0.3 is 15.4 Å². The molecule has 0 spiro atoms. The second-order valence-corrected chi connectivity index (χ2v) is 8.61. The van der Waals surface area contributed by atoms with Crippen molar-refractivity contribution >= 4 is 12.1 Å². The second-order valence-electron chi connectivity index (χ2n) is 8.61. The van der Waals surface area contributed by atoms with E-state index in [4.69, 9.17) is 4.74 Å². The Morgan fingerprint density at radius 3 is 2.44 bits per heavy atom. The van der Waals surface area contributed by atoms with E-state index in [0.717, 1.165) is 11.1 Å². The number of amides is 4. The van der Waals surface area contributed by atoms with Gasteiger partial charge in [0.1, 0.15) is 0 Å². The van der Waals surface area contributed by atoms with Gasteiger partial charge in [-0.05, 0) is 30.9 Å². The highest BCUT2D eigenvalue weighted by Gasteiger charge is 2.39. The zero-order chi connectivity index (χ0) is 22.9. The monoisotopic (exact) mass is 455 g/mol. The number of hydrogen-bond acceptors (Lipinski definition) is 5. The number of rotatable bonds is 6. The Morgan fingerprint density at radius 2 is 1.81 bits per heavy atom. The molecule has 11 heteroatoms. The number of carbonyl (C=O) groups excluding carboxylic acids is 2. The van der Waals surface area contributed by atoms with Gasteiger partial charge in [-0.3, -0.25) is 10.2 Å². The van der Waals surface area contributed by atoms with Gasteiger partial charge >= 0.3 is 18.2 Å². The van der Waals surface area contributed by atoms with Crippen molar-refractivity contribution in [3.8, 4) is 0 Å². The zero-order valence-corrected chi connectivity index (χ0v) is 17.8. The van der Waals surface area contributed by atoms with Gasteiger partial charge in [-0.25, -0.2) is 14.5 Å². The Bertz CT molecular complexity index is 822. The Kier molecular flexibility index (Phi) is 6.59. The molecule has 3 heterocycles. The third-order valence-electron chi connectivity index (χ3n) is 6.19. The zero-order valence-electron chi connectivity index (χ0n) is 17.8. The normalized spacial score (nSPS) is 22.9. The van der Waals surface area contributed by atoms with Crippen molar-refractivity contribution in [3.05, 3.63) is 35.4 Å². The molecule has 0 saturated carbocycles. The molecular formula is C21H28F3N5O3. The second kappa shape index (κ2) is 9.24. The summed E-state index contributed by atoms with van der Waals surface area (Å²) in [7, 11) is 0. The van der Waals surface area contributed by atoms with Crippen LogP contribution in [0.15, 0.2) is 24.3 Å². The third-order valence-corrected chi connectivity index (χ3v) is 6.19. The fraction of sp³-hybridized carbons (Fsp3) is 0.619. The molecule has 1 aromatic carbocycles. The van der Waals surface area contributed by atoms with Crippen molar-refractivity contribution in [2.45, 2.75) is 50.2 Å². The fourth-order valence-electron chi connectivity index (χ4n) is 4.46. The molecule has 3 saturated heterocycles. The van der Waals surface area contributed by atoms with Crippen molar-refractivity contribution in [2.75, 3.05) is 32.8 Å². The van der Waals surface area contributed by atoms with Crippen LogP contribution in [0, 0.1) is 0 Å². The molecule has 1 aromatic rings. The van der Waals surface area contributed by atoms with E-state index in [1.54, 1.807) is 0 Å². The molecule has 1 atom stereocenters. The van der Waals surface area contributed by atoms with Gasteiger partial charge in [0.2, 0.25) is 0 Å². The Labute approximate surface area is 184 Å². The van der Waals surface area contributed by atoms with Crippen molar-refractivity contribution in [1.29, 1.82) is 0 Å². The summed E-state index contributed by atoms with van der Waals surface area (Å²) in [4.78, 5) is 27.7. The van der Waals surface area contributed by atoms with E-state index >= 15 is 0 Å². The Hall–Kier alpha value is -2.37. The van der Waals surface area contributed by atoms with Crippen LogP contribution in [-0.2, 0) is 4.74 Å². The minimum absolute atomic E-state index is 0.0617. The summed E-state index contributed by atoms with van der Waals surface area (Å²) in [6.07, 6.45) is -3.68. The fourth-order valence-corrected chi connectivity index (χ4v) is 4.46. The van der Waals surface area contributed by atoms with Crippen LogP contribution in [0.1, 0.15) is 42.9 Å². The molecule has 0 aliphatic carbocycles. The van der Waals surface area contributed by atoms with E-state index in [9.17, 15) is 22.8 Å². The minimum atomic E-state index is -4.18. The first-order valence-electron chi connectivity index (χ1n) is 10.8. The first-order chi connectivity index (χ1) is 15.2. The predicted octanol–water partition coefficient (Wildman–Crippen LogP) is 2.50. The van der Waals surface area contributed by atoms with Gasteiger partial charge in [-0.2, -0.15) is 13.2 Å². The molecule has 0 aromatic heterocycles. The molecule has 3 aliphatic heterocycles. The average Bonchev–Trinajstić information content (AvgIpc) is 2.70. The van der Waals surface area contributed by atoms with Crippen LogP contribution in [0.5, 0.6) is 0 Å². The number of urea groups is 2. The molecule has 176 valence electrons. The van der Waals surface area contributed by atoms with Crippen LogP contribution in [0.3, 0.4) is 0 Å². The molecule has 4 amide bonds. The Morgan fingerprint density at radius 1 is 1.16 bits per heavy atom. The van der Waals surface area contributed by atoms with E-state index in [1.165, 1.54) is 9.80 Å². The van der Waals surface area contributed by atoms with Crippen molar-refractivity contribution in [2.24, 2.45) is 0 Å². The lowest BCUT2D eigenvalue weighted by atomic mass is 9.89. The van der Waals surface area contributed by atoms with Gasteiger partial charge in [0, 0.05) is 44.3 Å². The largest absolute Gasteiger partial charge is 0.401 e. The van der Waals surface area contributed by atoms with Crippen molar-refractivity contribution < 1.29 is 27.5 Å². The highest BCUT2D eigenvalue weighted by Crippen LogP contribution is 2.31. The number of carbonyl (C=O) groups is 2. The SMILES string of the molecule is C[C@H](NC1NC(=O)N(C2CCOCC2)C(=O)N1)c1cccc(C2CN(CC(F)(F)F)C2)c1. The molecule has 3 aliphatic rings. The summed E-state index contributed by atoms with van der Waals surface area (Å²) in [6, 6.07) is 6.39. The van der Waals surface area contributed by atoms with Gasteiger partial charge in [0.15, 0.2) is 6.29 Å². The van der Waals surface area contributed by atoms with Crippen LogP contribution in [-0.4, -0.2) is 73.2 Å². The quantitative estimate of drug-likeness (QED) is 0.614. The molecule has 0 unspecified atom stereocenters. The molecule has 3 fully saturated rings. The minimum Gasteiger partial charge on any atom is -0.381 e. The van der Waals surface area contributed by atoms with Crippen LogP contribution >= 0.6 is 0 Å². The molecule has 32 heavy (non-hydrogen) atoms. The number of likely N-dealkylation sites (tertiary alicyclic amines) is 1. The maximum Gasteiger partial charge on any atom is 0.401 e. The van der Waals surface area contributed by atoms with Crippen LogP contribution in [0.25, 0.3) is 0 Å². The first-order valence-corrected chi connectivity index (χ1v) is 10.8. The number of alkyl halides is 3. The van der Waals surface area contributed by atoms with Crippen LogP contribution in [0.4, 0.5) is 22.8 Å². The van der Waals surface area contributed by atoms with E-state index in [1.807, 2.05) is 31.2 Å². The van der Waals surface area contributed by atoms with Gasteiger partial charge in [0.05, 0.1) is 6.54 Å². The molecule has 0 radical (unpaired) electrons. The van der Waals surface area contributed by atoms with Gasteiger partial charge in [-0.1, -0.05) is 24.3 Å². The number of benzene rings is 1.